The van der Waals surface area contributed by atoms with Crippen LogP contribution in [0.2, 0.25) is 10.0 Å². The first-order chi connectivity index (χ1) is 11.1. The van der Waals surface area contributed by atoms with Crippen LogP contribution in [-0.4, -0.2) is 40.9 Å². The van der Waals surface area contributed by atoms with Gasteiger partial charge in [-0.2, -0.15) is 5.10 Å². The van der Waals surface area contributed by atoms with Crippen LogP contribution in [0.25, 0.3) is 5.69 Å². The normalized spacial score (nSPS) is 15.8. The lowest BCUT2D eigenvalue weighted by atomic mass is 10.1. The van der Waals surface area contributed by atoms with E-state index in [9.17, 15) is 0 Å². The average Bonchev–Trinajstić information content (AvgIpc) is 2.89. The number of anilines is 1. The lowest BCUT2D eigenvalue weighted by Gasteiger charge is -2.26. The minimum absolute atomic E-state index is 0.601. The predicted molar refractivity (Wildman–Crippen MR) is 97.1 cm³/mol. The Morgan fingerprint density at radius 1 is 1.13 bits per heavy atom. The third-order valence-corrected chi connectivity index (χ3v) is 4.75. The first kappa shape index (κ1) is 16.6. The van der Waals surface area contributed by atoms with Crippen LogP contribution in [0.4, 0.5) is 5.82 Å². The zero-order valence-corrected chi connectivity index (χ0v) is 14.9. The molecule has 0 bridgehead atoms. The summed E-state index contributed by atoms with van der Waals surface area (Å²) in [7, 11) is 0. The van der Waals surface area contributed by atoms with Gasteiger partial charge in [0.15, 0.2) is 0 Å². The van der Waals surface area contributed by atoms with Gasteiger partial charge in [0.05, 0.1) is 10.7 Å². The quantitative estimate of drug-likeness (QED) is 0.866. The number of aryl methyl sites for hydroxylation is 1. The van der Waals surface area contributed by atoms with Gasteiger partial charge < -0.3 is 10.2 Å². The molecule has 3 rings (SSSR count). The molecule has 1 aliphatic rings. The van der Waals surface area contributed by atoms with Crippen LogP contribution in [0.3, 0.4) is 0 Å². The highest BCUT2D eigenvalue weighted by atomic mass is 35.5. The molecule has 23 heavy (non-hydrogen) atoms. The maximum absolute atomic E-state index is 6.28. The van der Waals surface area contributed by atoms with E-state index in [1.165, 1.54) is 32.4 Å². The summed E-state index contributed by atoms with van der Waals surface area (Å²) in [6, 6.07) is 7.50. The molecule has 1 N–H and O–H groups in total. The number of aromatic nitrogens is 2. The van der Waals surface area contributed by atoms with Gasteiger partial charge in [-0.25, -0.2) is 4.68 Å². The first-order valence-electron chi connectivity index (χ1n) is 8.12. The number of hydrogen-bond acceptors (Lipinski definition) is 3. The summed E-state index contributed by atoms with van der Waals surface area (Å²) in [4.78, 5) is 2.51. The fourth-order valence-electron chi connectivity index (χ4n) is 2.98. The Labute approximate surface area is 147 Å². The van der Waals surface area contributed by atoms with Gasteiger partial charge in [-0.1, -0.05) is 29.6 Å². The van der Waals surface area contributed by atoms with Crippen molar-refractivity contribution in [1.82, 2.24) is 14.7 Å². The second-order valence-corrected chi connectivity index (χ2v) is 6.85. The lowest BCUT2D eigenvalue weighted by Crippen LogP contribution is -2.33. The van der Waals surface area contributed by atoms with E-state index in [0.717, 1.165) is 30.3 Å². The predicted octanol–water partition coefficient (Wildman–Crippen LogP) is 4.39. The van der Waals surface area contributed by atoms with Gasteiger partial charge in [-0.05, 0) is 51.1 Å². The van der Waals surface area contributed by atoms with Gasteiger partial charge in [-0.3, -0.25) is 0 Å². The zero-order valence-electron chi connectivity index (χ0n) is 13.4. The Kier molecular flexibility index (Phi) is 5.46. The van der Waals surface area contributed by atoms with Gasteiger partial charge in [0, 0.05) is 29.9 Å². The molecule has 1 saturated heterocycles. The van der Waals surface area contributed by atoms with Crippen molar-refractivity contribution in [3.63, 3.8) is 0 Å². The molecule has 1 aromatic carbocycles. The lowest BCUT2D eigenvalue weighted by molar-refractivity contribution is 0.237. The molecule has 2 heterocycles. The van der Waals surface area contributed by atoms with Crippen molar-refractivity contribution in [3.05, 3.63) is 40.0 Å². The van der Waals surface area contributed by atoms with Crippen LogP contribution in [0.15, 0.2) is 24.3 Å². The number of piperidine rings is 1. The third kappa shape index (κ3) is 4.19. The molecule has 1 fully saturated rings. The van der Waals surface area contributed by atoms with Crippen molar-refractivity contribution < 1.29 is 0 Å². The molecule has 4 nitrogen and oxygen atoms in total. The van der Waals surface area contributed by atoms with Crippen molar-refractivity contribution in [2.45, 2.75) is 26.2 Å². The number of rotatable bonds is 5. The summed E-state index contributed by atoms with van der Waals surface area (Å²) in [5.74, 6) is 0.880. The second-order valence-electron chi connectivity index (χ2n) is 6.01. The Balaban J connectivity index is 1.63. The van der Waals surface area contributed by atoms with Crippen LogP contribution >= 0.6 is 23.2 Å². The molecule has 0 aliphatic carbocycles. The van der Waals surface area contributed by atoms with E-state index in [1.54, 1.807) is 6.07 Å². The molecule has 1 aromatic heterocycles. The van der Waals surface area contributed by atoms with E-state index < -0.39 is 0 Å². The summed E-state index contributed by atoms with van der Waals surface area (Å²) in [5, 5.41) is 9.25. The van der Waals surface area contributed by atoms with Crippen molar-refractivity contribution >= 4 is 29.0 Å². The SMILES string of the molecule is Cc1cc(NCCN2CCCCC2)nn1-c1ccc(Cl)cc1Cl. The average molecular weight is 353 g/mol. The van der Waals surface area contributed by atoms with E-state index >= 15 is 0 Å². The first-order valence-corrected chi connectivity index (χ1v) is 8.87. The third-order valence-electron chi connectivity index (χ3n) is 4.21. The van der Waals surface area contributed by atoms with E-state index in [4.69, 9.17) is 23.2 Å². The molecule has 0 amide bonds. The minimum Gasteiger partial charge on any atom is -0.367 e. The van der Waals surface area contributed by atoms with Crippen LogP contribution in [0.1, 0.15) is 25.0 Å². The standard InChI is InChI=1S/C17H22Cl2N4/c1-13-11-17(20-7-10-22-8-3-2-4-9-22)21-23(13)16-6-5-14(18)12-15(16)19/h5-6,11-12H,2-4,7-10H2,1H3,(H,20,21). The molecular weight excluding hydrogens is 331 g/mol. The van der Waals surface area contributed by atoms with Crippen LogP contribution in [0.5, 0.6) is 0 Å². The molecule has 0 atom stereocenters. The molecule has 1 aliphatic heterocycles. The number of nitrogens with one attached hydrogen (secondary N) is 1. The number of halogens is 2. The maximum Gasteiger partial charge on any atom is 0.148 e. The number of hydrogen-bond donors (Lipinski definition) is 1. The summed E-state index contributed by atoms with van der Waals surface area (Å²) in [6.07, 6.45) is 4.01. The van der Waals surface area contributed by atoms with E-state index in [0.29, 0.717) is 10.0 Å². The van der Waals surface area contributed by atoms with Gasteiger partial charge >= 0.3 is 0 Å². The van der Waals surface area contributed by atoms with Crippen molar-refractivity contribution in [3.8, 4) is 5.69 Å². The highest BCUT2D eigenvalue weighted by Crippen LogP contribution is 2.26. The van der Waals surface area contributed by atoms with Crippen molar-refractivity contribution in [2.24, 2.45) is 0 Å². The van der Waals surface area contributed by atoms with Gasteiger partial charge in [0.25, 0.3) is 0 Å². The summed E-state index contributed by atoms with van der Waals surface area (Å²) in [5.41, 5.74) is 1.88. The smallest absolute Gasteiger partial charge is 0.148 e. The molecular formula is C17H22Cl2N4. The molecule has 124 valence electrons. The molecule has 0 unspecified atom stereocenters. The number of likely N-dealkylation sites (tertiary alicyclic amines) is 1. The second kappa shape index (κ2) is 7.56. The Hall–Kier alpha value is -1.23. The summed E-state index contributed by atoms with van der Waals surface area (Å²) < 4.78 is 1.85. The molecule has 0 radical (unpaired) electrons. The Morgan fingerprint density at radius 3 is 2.65 bits per heavy atom. The van der Waals surface area contributed by atoms with Gasteiger partial charge in [0.1, 0.15) is 5.82 Å². The van der Waals surface area contributed by atoms with Crippen LogP contribution < -0.4 is 5.32 Å². The molecule has 6 heteroatoms. The van der Waals surface area contributed by atoms with E-state index in [1.807, 2.05) is 29.8 Å². The van der Waals surface area contributed by atoms with E-state index in [-0.39, 0.29) is 0 Å². The van der Waals surface area contributed by atoms with Gasteiger partial charge in [-0.15, -0.1) is 0 Å². The molecule has 2 aromatic rings. The minimum atomic E-state index is 0.601. The van der Waals surface area contributed by atoms with Crippen LogP contribution in [0, 0.1) is 6.92 Å². The summed E-state index contributed by atoms with van der Waals surface area (Å²) in [6.45, 7) is 6.43. The van der Waals surface area contributed by atoms with Gasteiger partial charge in [0.2, 0.25) is 0 Å². The van der Waals surface area contributed by atoms with E-state index in [2.05, 4.69) is 15.3 Å². The summed E-state index contributed by atoms with van der Waals surface area (Å²) >= 11 is 12.2. The van der Waals surface area contributed by atoms with Crippen molar-refractivity contribution in [2.75, 3.05) is 31.5 Å². The highest BCUT2D eigenvalue weighted by Gasteiger charge is 2.11. The monoisotopic (exact) mass is 352 g/mol. The highest BCUT2D eigenvalue weighted by molar-refractivity contribution is 6.35. The Morgan fingerprint density at radius 2 is 1.91 bits per heavy atom. The topological polar surface area (TPSA) is 33.1 Å². The van der Waals surface area contributed by atoms with Crippen molar-refractivity contribution in [1.29, 1.82) is 0 Å². The van der Waals surface area contributed by atoms with Crippen LogP contribution in [-0.2, 0) is 0 Å². The fourth-order valence-corrected chi connectivity index (χ4v) is 3.47. The Bertz CT molecular complexity index is 663. The fraction of sp³-hybridized carbons (Fsp3) is 0.471. The zero-order chi connectivity index (χ0) is 16.2. The molecule has 0 spiro atoms. The maximum atomic E-state index is 6.28. The number of benzene rings is 1. The largest absolute Gasteiger partial charge is 0.367 e. The molecule has 0 saturated carbocycles. The number of nitrogens with zero attached hydrogens (tertiary/aromatic N) is 3.